The summed E-state index contributed by atoms with van der Waals surface area (Å²) in [5, 5.41) is 48.8. The van der Waals surface area contributed by atoms with Crippen LogP contribution in [0.3, 0.4) is 0 Å². The second-order valence-electron chi connectivity index (χ2n) is 6.71. The van der Waals surface area contributed by atoms with Gasteiger partial charge < -0.3 is 44.5 Å². The summed E-state index contributed by atoms with van der Waals surface area (Å²) in [5.41, 5.74) is 0.903. The zero-order valence-electron chi connectivity index (χ0n) is 14.7. The van der Waals surface area contributed by atoms with Crippen LogP contribution in [0.1, 0.15) is 6.42 Å². The van der Waals surface area contributed by atoms with E-state index in [2.05, 4.69) is 0 Å². The van der Waals surface area contributed by atoms with E-state index in [0.717, 1.165) is 0 Å². The standard InChI is InChI=1S/C17H24O10/c1-24-15(23)9-6-25-16(11-7(4-18)2-3-8(9)11)27-17-14(22)13(21)12(20)10(5-19)26-17/h2,6,8,10-14,16-22H,3-5H2,1H3/t8-,10?,11-,12-,13-,14?,16+,17+/m1/s1. The van der Waals surface area contributed by atoms with Crippen molar-refractivity contribution < 1.29 is 49.3 Å². The number of carbonyl (C=O) groups excluding carboxylic acids is 1. The second kappa shape index (κ2) is 8.23. The first kappa shape index (κ1) is 20.2. The molecule has 2 aliphatic heterocycles. The van der Waals surface area contributed by atoms with E-state index in [1.807, 2.05) is 0 Å². The van der Waals surface area contributed by atoms with Crippen LogP contribution >= 0.6 is 0 Å². The van der Waals surface area contributed by atoms with E-state index < -0.39 is 55.5 Å². The Bertz CT molecular complexity index is 615. The van der Waals surface area contributed by atoms with Crippen LogP contribution in [0.15, 0.2) is 23.5 Å². The van der Waals surface area contributed by atoms with Gasteiger partial charge in [0.25, 0.3) is 0 Å². The van der Waals surface area contributed by atoms with Crippen LogP contribution < -0.4 is 0 Å². The molecule has 3 rings (SSSR count). The number of hydrogen-bond donors (Lipinski definition) is 5. The highest BCUT2D eigenvalue weighted by atomic mass is 16.8. The number of hydrogen-bond acceptors (Lipinski definition) is 10. The Morgan fingerprint density at radius 3 is 2.56 bits per heavy atom. The zero-order chi connectivity index (χ0) is 19.7. The van der Waals surface area contributed by atoms with E-state index in [9.17, 15) is 30.3 Å². The van der Waals surface area contributed by atoms with Crippen molar-refractivity contribution in [1.29, 1.82) is 0 Å². The van der Waals surface area contributed by atoms with Crippen LogP contribution in [0, 0.1) is 11.8 Å². The highest BCUT2D eigenvalue weighted by Crippen LogP contribution is 2.44. The van der Waals surface area contributed by atoms with Gasteiger partial charge in [0.05, 0.1) is 38.1 Å². The lowest BCUT2D eigenvalue weighted by atomic mass is 9.83. The molecule has 0 saturated carbocycles. The van der Waals surface area contributed by atoms with Crippen LogP contribution in [0.2, 0.25) is 0 Å². The van der Waals surface area contributed by atoms with Crippen LogP contribution in [-0.4, -0.2) is 88.8 Å². The van der Waals surface area contributed by atoms with Crippen molar-refractivity contribution in [2.45, 2.75) is 43.4 Å². The molecule has 0 bridgehead atoms. The third-order valence-corrected chi connectivity index (χ3v) is 5.24. The minimum Gasteiger partial charge on any atom is -0.471 e. The monoisotopic (exact) mass is 388 g/mol. The molecule has 27 heavy (non-hydrogen) atoms. The molecule has 8 atom stereocenters. The van der Waals surface area contributed by atoms with Gasteiger partial charge in [0.2, 0.25) is 6.29 Å². The Balaban J connectivity index is 1.80. The highest BCUT2D eigenvalue weighted by molar-refractivity contribution is 5.89. The van der Waals surface area contributed by atoms with Gasteiger partial charge in [-0.15, -0.1) is 0 Å². The van der Waals surface area contributed by atoms with Crippen LogP contribution in [-0.2, 0) is 23.7 Å². The summed E-state index contributed by atoms with van der Waals surface area (Å²) in [5.74, 6) is -1.42. The molecule has 0 radical (unpaired) electrons. The van der Waals surface area contributed by atoms with Crippen molar-refractivity contribution in [2.24, 2.45) is 11.8 Å². The Morgan fingerprint density at radius 2 is 1.93 bits per heavy atom. The number of fused-ring (bicyclic) bond motifs is 1. The van der Waals surface area contributed by atoms with Crippen LogP contribution in [0.4, 0.5) is 0 Å². The minimum atomic E-state index is -1.59. The van der Waals surface area contributed by atoms with Crippen molar-refractivity contribution in [3.8, 4) is 0 Å². The number of rotatable bonds is 5. The van der Waals surface area contributed by atoms with Gasteiger partial charge in [-0.1, -0.05) is 6.08 Å². The average molecular weight is 388 g/mol. The van der Waals surface area contributed by atoms with Gasteiger partial charge in [-0.3, -0.25) is 0 Å². The van der Waals surface area contributed by atoms with Gasteiger partial charge in [-0.25, -0.2) is 4.79 Å². The van der Waals surface area contributed by atoms with Gasteiger partial charge >= 0.3 is 5.97 Å². The molecule has 0 spiro atoms. The van der Waals surface area contributed by atoms with E-state index in [-0.39, 0.29) is 12.5 Å². The predicted octanol–water partition coefficient (Wildman–Crippen LogP) is -2.23. The maximum atomic E-state index is 12.0. The van der Waals surface area contributed by atoms with Crippen molar-refractivity contribution in [1.82, 2.24) is 0 Å². The van der Waals surface area contributed by atoms with E-state index in [1.165, 1.54) is 13.4 Å². The number of aliphatic hydroxyl groups excluding tert-OH is 5. The lowest BCUT2D eigenvalue weighted by molar-refractivity contribution is -0.339. The van der Waals surface area contributed by atoms with Gasteiger partial charge in [-0.05, 0) is 12.0 Å². The third-order valence-electron chi connectivity index (χ3n) is 5.24. The second-order valence-corrected chi connectivity index (χ2v) is 6.71. The largest absolute Gasteiger partial charge is 0.471 e. The van der Waals surface area contributed by atoms with Crippen molar-refractivity contribution in [3.05, 3.63) is 23.5 Å². The fourth-order valence-electron chi connectivity index (χ4n) is 3.73. The Hall–Kier alpha value is -1.53. The average Bonchev–Trinajstić information content (AvgIpc) is 3.12. The SMILES string of the molecule is COC(=O)C1=CO[C@@H](O[C@@H]2OC(CO)[C@@H](O)[C@@H](O)C2O)[C@@H]2C(CO)=CC[C@H]12. The molecule has 1 aliphatic carbocycles. The fraction of sp³-hybridized carbons (Fsp3) is 0.706. The molecule has 10 nitrogen and oxygen atoms in total. The summed E-state index contributed by atoms with van der Waals surface area (Å²) >= 11 is 0. The third kappa shape index (κ3) is 3.61. The first-order valence-electron chi connectivity index (χ1n) is 8.62. The molecule has 0 amide bonds. The minimum absolute atomic E-state index is 0.270. The van der Waals surface area contributed by atoms with Crippen LogP contribution in [0.25, 0.3) is 0 Å². The maximum absolute atomic E-state index is 12.0. The van der Waals surface area contributed by atoms with Gasteiger partial charge in [0.15, 0.2) is 6.29 Å². The number of aliphatic hydroxyl groups is 5. The summed E-state index contributed by atoms with van der Waals surface area (Å²) < 4.78 is 21.3. The van der Waals surface area contributed by atoms with Gasteiger partial charge in [-0.2, -0.15) is 0 Å². The first-order valence-corrected chi connectivity index (χ1v) is 8.62. The molecule has 2 heterocycles. The Labute approximate surface area is 155 Å². The van der Waals surface area contributed by atoms with Crippen molar-refractivity contribution in [2.75, 3.05) is 20.3 Å². The van der Waals surface area contributed by atoms with Gasteiger partial charge in [0.1, 0.15) is 24.4 Å². The fourth-order valence-corrected chi connectivity index (χ4v) is 3.73. The predicted molar refractivity (Wildman–Crippen MR) is 86.6 cm³/mol. The number of methoxy groups -OCH3 is 1. The molecule has 0 aromatic rings. The lowest BCUT2D eigenvalue weighted by Crippen LogP contribution is -2.60. The maximum Gasteiger partial charge on any atom is 0.337 e. The zero-order valence-corrected chi connectivity index (χ0v) is 14.7. The molecular formula is C17H24O10. The molecule has 1 saturated heterocycles. The lowest BCUT2D eigenvalue weighted by Gasteiger charge is -2.42. The molecule has 5 N–H and O–H groups in total. The van der Waals surface area contributed by atoms with E-state index >= 15 is 0 Å². The number of carbonyl (C=O) groups is 1. The number of allylic oxidation sites excluding steroid dienone is 1. The summed E-state index contributed by atoms with van der Waals surface area (Å²) in [7, 11) is 1.25. The Kier molecular flexibility index (Phi) is 6.16. The van der Waals surface area contributed by atoms with E-state index in [0.29, 0.717) is 17.6 Å². The summed E-state index contributed by atoms with van der Waals surface area (Å²) in [4.78, 5) is 12.0. The van der Waals surface area contributed by atoms with E-state index in [4.69, 9.17) is 18.9 Å². The van der Waals surface area contributed by atoms with Crippen molar-refractivity contribution >= 4 is 5.97 Å². The van der Waals surface area contributed by atoms with Crippen molar-refractivity contribution in [3.63, 3.8) is 0 Å². The molecule has 10 heteroatoms. The topological polar surface area (TPSA) is 155 Å². The van der Waals surface area contributed by atoms with E-state index in [1.54, 1.807) is 6.08 Å². The number of ether oxygens (including phenoxy) is 4. The molecule has 152 valence electrons. The molecule has 2 unspecified atom stereocenters. The summed E-state index contributed by atoms with van der Waals surface area (Å²) in [6.07, 6.45) is -4.73. The normalized spacial score (nSPS) is 41.3. The summed E-state index contributed by atoms with van der Waals surface area (Å²) in [6.45, 7) is -0.857. The molecule has 3 aliphatic rings. The van der Waals surface area contributed by atoms with Crippen LogP contribution in [0.5, 0.6) is 0 Å². The summed E-state index contributed by atoms with van der Waals surface area (Å²) in [6, 6.07) is 0. The molecule has 0 aromatic heterocycles. The number of esters is 1. The molecular weight excluding hydrogens is 364 g/mol. The van der Waals surface area contributed by atoms with Gasteiger partial charge in [0, 0.05) is 5.92 Å². The quantitative estimate of drug-likeness (QED) is 0.258. The first-order chi connectivity index (χ1) is 12.9. The Morgan fingerprint density at radius 1 is 1.19 bits per heavy atom. The molecule has 1 fully saturated rings. The smallest absolute Gasteiger partial charge is 0.337 e. The highest BCUT2D eigenvalue weighted by Gasteiger charge is 2.49. The molecule has 0 aromatic carbocycles.